The van der Waals surface area contributed by atoms with Crippen LogP contribution in [0, 0.1) is 0 Å². The Morgan fingerprint density at radius 2 is 2.00 bits per heavy atom. The molecule has 4 nitrogen and oxygen atoms in total. The summed E-state index contributed by atoms with van der Waals surface area (Å²) in [5, 5.41) is 3.41. The van der Waals surface area contributed by atoms with Crippen molar-refractivity contribution in [2.75, 3.05) is 25.7 Å². The summed E-state index contributed by atoms with van der Waals surface area (Å²) in [7, 11) is -1.07. The van der Waals surface area contributed by atoms with Gasteiger partial charge >= 0.3 is 0 Å². The van der Waals surface area contributed by atoms with Crippen molar-refractivity contribution in [2.45, 2.75) is 44.2 Å². The second-order valence-corrected chi connectivity index (χ2v) is 6.86. The Morgan fingerprint density at radius 1 is 1.31 bits per heavy atom. The normalized spacial score (nSPS) is 26.9. The van der Waals surface area contributed by atoms with Gasteiger partial charge in [0.1, 0.15) is 9.84 Å². The van der Waals surface area contributed by atoms with Gasteiger partial charge in [0.25, 0.3) is 0 Å². The molecule has 1 fully saturated rings. The van der Waals surface area contributed by atoms with E-state index in [1.165, 1.54) is 19.1 Å². The van der Waals surface area contributed by atoms with Gasteiger partial charge in [-0.25, -0.2) is 8.42 Å². The van der Waals surface area contributed by atoms with Crippen LogP contribution in [0.4, 0.5) is 0 Å². The van der Waals surface area contributed by atoms with E-state index in [0.717, 1.165) is 19.4 Å². The van der Waals surface area contributed by atoms with Gasteiger partial charge < -0.3 is 10.1 Å². The van der Waals surface area contributed by atoms with E-state index in [2.05, 4.69) is 5.32 Å². The molecule has 0 aromatic rings. The maximum absolute atomic E-state index is 11.0. The number of methoxy groups -OCH3 is 1. The molecule has 2 atom stereocenters. The van der Waals surface area contributed by atoms with E-state index in [9.17, 15) is 8.42 Å². The summed E-state index contributed by atoms with van der Waals surface area (Å²) >= 11 is 0. The summed E-state index contributed by atoms with van der Waals surface area (Å²) in [4.78, 5) is 0. The highest BCUT2D eigenvalue weighted by atomic mass is 32.2. The molecule has 0 aliphatic heterocycles. The molecule has 0 aromatic heterocycles. The van der Waals surface area contributed by atoms with Crippen molar-refractivity contribution in [3.05, 3.63) is 0 Å². The van der Waals surface area contributed by atoms with E-state index in [1.807, 2.05) is 0 Å². The molecule has 5 heteroatoms. The third-order valence-corrected chi connectivity index (χ3v) is 4.13. The molecule has 0 amide bonds. The minimum atomic E-state index is -2.82. The number of hydrogen-bond acceptors (Lipinski definition) is 4. The van der Waals surface area contributed by atoms with Crippen molar-refractivity contribution in [1.29, 1.82) is 0 Å². The van der Waals surface area contributed by atoms with Gasteiger partial charge in [-0.15, -0.1) is 0 Å². The zero-order valence-electron chi connectivity index (χ0n) is 10.2. The first-order valence-electron chi connectivity index (χ1n) is 5.97. The summed E-state index contributed by atoms with van der Waals surface area (Å²) in [6, 6.07) is 0.401. The van der Waals surface area contributed by atoms with E-state index >= 15 is 0 Å². The number of rotatable bonds is 6. The fourth-order valence-electron chi connectivity index (χ4n) is 2.23. The van der Waals surface area contributed by atoms with Gasteiger partial charge in [-0.1, -0.05) is 12.8 Å². The molecule has 0 spiro atoms. The summed E-state index contributed by atoms with van der Waals surface area (Å²) in [5.74, 6) is 0.268. The lowest BCUT2D eigenvalue weighted by atomic mass is 9.92. The summed E-state index contributed by atoms with van der Waals surface area (Å²) < 4.78 is 27.3. The molecule has 0 heterocycles. The largest absolute Gasteiger partial charge is 0.380 e. The Balaban J connectivity index is 2.20. The molecule has 0 saturated heterocycles. The lowest BCUT2D eigenvalue weighted by Crippen LogP contribution is -2.43. The highest BCUT2D eigenvalue weighted by Gasteiger charge is 2.23. The molecule has 0 aromatic carbocycles. The third-order valence-electron chi connectivity index (χ3n) is 3.10. The van der Waals surface area contributed by atoms with Gasteiger partial charge in [0.15, 0.2) is 0 Å². The number of ether oxygens (including phenoxy) is 1. The SMILES string of the molecule is COC1CCCCC1NCCCS(C)(=O)=O. The van der Waals surface area contributed by atoms with Crippen molar-refractivity contribution >= 4 is 9.84 Å². The fourth-order valence-corrected chi connectivity index (χ4v) is 2.90. The van der Waals surface area contributed by atoms with Crippen LogP contribution in [0.1, 0.15) is 32.1 Å². The summed E-state index contributed by atoms with van der Waals surface area (Å²) in [6.07, 6.45) is 6.99. The average molecular weight is 249 g/mol. The molecular weight excluding hydrogens is 226 g/mol. The number of hydrogen-bond donors (Lipinski definition) is 1. The molecule has 2 unspecified atom stereocenters. The minimum Gasteiger partial charge on any atom is -0.380 e. The zero-order chi connectivity index (χ0) is 12.0. The molecule has 16 heavy (non-hydrogen) atoms. The van der Waals surface area contributed by atoms with Crippen molar-refractivity contribution in [3.63, 3.8) is 0 Å². The van der Waals surface area contributed by atoms with Gasteiger partial charge in [0.2, 0.25) is 0 Å². The highest BCUT2D eigenvalue weighted by Crippen LogP contribution is 2.20. The third kappa shape index (κ3) is 5.27. The Bertz CT molecular complexity index is 290. The minimum absolute atomic E-state index is 0.268. The van der Waals surface area contributed by atoms with Crippen LogP contribution >= 0.6 is 0 Å². The molecule has 1 aliphatic rings. The fraction of sp³-hybridized carbons (Fsp3) is 1.00. The van der Waals surface area contributed by atoms with Crippen molar-refractivity contribution in [2.24, 2.45) is 0 Å². The Morgan fingerprint density at radius 3 is 2.62 bits per heavy atom. The molecule has 96 valence electrons. The summed E-state index contributed by atoms with van der Waals surface area (Å²) in [6.45, 7) is 0.762. The van der Waals surface area contributed by atoms with Crippen molar-refractivity contribution in [1.82, 2.24) is 5.32 Å². The molecular formula is C11H23NO3S. The van der Waals surface area contributed by atoms with Gasteiger partial charge in [0, 0.05) is 19.4 Å². The monoisotopic (exact) mass is 249 g/mol. The topological polar surface area (TPSA) is 55.4 Å². The van der Waals surface area contributed by atoms with Crippen molar-refractivity contribution < 1.29 is 13.2 Å². The Labute approximate surface area is 98.7 Å². The first-order valence-corrected chi connectivity index (χ1v) is 8.03. The second kappa shape index (κ2) is 6.57. The van der Waals surface area contributed by atoms with Crippen LogP contribution in [0.15, 0.2) is 0 Å². The predicted octanol–water partition coefficient (Wildman–Crippen LogP) is 0.968. The smallest absolute Gasteiger partial charge is 0.147 e. The standard InChI is InChI=1S/C11H23NO3S/c1-15-11-7-4-3-6-10(11)12-8-5-9-16(2,13)14/h10-12H,3-9H2,1-2H3. The molecule has 1 aliphatic carbocycles. The van der Waals surface area contributed by atoms with Gasteiger partial charge in [-0.3, -0.25) is 0 Å². The van der Waals surface area contributed by atoms with Crippen LogP contribution in [-0.4, -0.2) is 46.2 Å². The Hall–Kier alpha value is -0.130. The molecule has 1 rings (SSSR count). The zero-order valence-corrected chi connectivity index (χ0v) is 11.1. The van der Waals surface area contributed by atoms with Gasteiger partial charge in [0.05, 0.1) is 11.9 Å². The maximum atomic E-state index is 11.0. The first kappa shape index (κ1) is 13.9. The summed E-state index contributed by atoms with van der Waals surface area (Å²) in [5.41, 5.74) is 0. The second-order valence-electron chi connectivity index (χ2n) is 4.60. The predicted molar refractivity (Wildman–Crippen MR) is 65.4 cm³/mol. The van der Waals surface area contributed by atoms with E-state index in [4.69, 9.17) is 4.74 Å². The Kier molecular flexibility index (Phi) is 5.72. The van der Waals surface area contributed by atoms with E-state index in [1.54, 1.807) is 7.11 Å². The number of sulfone groups is 1. The van der Waals surface area contributed by atoms with Crippen LogP contribution in [0.3, 0.4) is 0 Å². The lowest BCUT2D eigenvalue weighted by molar-refractivity contribution is 0.0420. The molecule has 1 N–H and O–H groups in total. The lowest BCUT2D eigenvalue weighted by Gasteiger charge is -2.31. The van der Waals surface area contributed by atoms with Crippen LogP contribution in [0.2, 0.25) is 0 Å². The first-order chi connectivity index (χ1) is 7.53. The van der Waals surface area contributed by atoms with Crippen LogP contribution < -0.4 is 5.32 Å². The quantitative estimate of drug-likeness (QED) is 0.713. The van der Waals surface area contributed by atoms with E-state index < -0.39 is 9.84 Å². The molecule has 0 bridgehead atoms. The molecule has 0 radical (unpaired) electrons. The van der Waals surface area contributed by atoms with Gasteiger partial charge in [-0.2, -0.15) is 0 Å². The van der Waals surface area contributed by atoms with Crippen LogP contribution in [0.25, 0.3) is 0 Å². The van der Waals surface area contributed by atoms with Gasteiger partial charge in [-0.05, 0) is 25.8 Å². The van der Waals surface area contributed by atoms with E-state index in [-0.39, 0.29) is 5.75 Å². The van der Waals surface area contributed by atoms with Crippen LogP contribution in [0.5, 0.6) is 0 Å². The number of nitrogens with one attached hydrogen (secondary N) is 1. The maximum Gasteiger partial charge on any atom is 0.147 e. The highest BCUT2D eigenvalue weighted by molar-refractivity contribution is 7.90. The van der Waals surface area contributed by atoms with Crippen LogP contribution in [-0.2, 0) is 14.6 Å². The average Bonchev–Trinajstić information content (AvgIpc) is 2.23. The van der Waals surface area contributed by atoms with Crippen molar-refractivity contribution in [3.8, 4) is 0 Å². The van der Waals surface area contributed by atoms with E-state index in [0.29, 0.717) is 18.6 Å². The molecule has 1 saturated carbocycles.